The van der Waals surface area contributed by atoms with E-state index in [-0.39, 0.29) is 5.54 Å². The molecule has 1 aromatic rings. The van der Waals surface area contributed by atoms with Gasteiger partial charge in [-0.25, -0.2) is 0 Å². The van der Waals surface area contributed by atoms with E-state index in [1.807, 2.05) is 0 Å². The van der Waals surface area contributed by atoms with Crippen molar-refractivity contribution in [1.29, 1.82) is 5.26 Å². The summed E-state index contributed by atoms with van der Waals surface area (Å²) in [4.78, 5) is 4.87. The van der Waals surface area contributed by atoms with Crippen LogP contribution in [0.4, 0.5) is 5.69 Å². The maximum atomic E-state index is 9.74. The molecule has 0 N–H and O–H groups in total. The van der Waals surface area contributed by atoms with Crippen LogP contribution in [0.3, 0.4) is 0 Å². The molecule has 0 unspecified atom stereocenters. The average molecular weight is 269 g/mol. The van der Waals surface area contributed by atoms with Gasteiger partial charge in [-0.1, -0.05) is 24.6 Å². The van der Waals surface area contributed by atoms with Crippen LogP contribution in [-0.2, 0) is 0 Å². The average Bonchev–Trinajstić information content (AvgIpc) is 2.56. The number of piperidine rings is 2. The van der Waals surface area contributed by atoms with Gasteiger partial charge in [0.1, 0.15) is 5.54 Å². The maximum absolute atomic E-state index is 9.74. The minimum atomic E-state index is -0.203. The number of nitriles is 1. The van der Waals surface area contributed by atoms with Gasteiger partial charge < -0.3 is 4.90 Å². The Hall–Kier alpha value is -1.53. The Balaban J connectivity index is 1.68. The van der Waals surface area contributed by atoms with Gasteiger partial charge in [0.15, 0.2) is 0 Å². The second-order valence-electron chi connectivity index (χ2n) is 6.01. The molecule has 0 amide bonds. The Bertz CT molecular complexity index is 463. The molecule has 2 aliphatic rings. The number of hydrogen-bond donors (Lipinski definition) is 0. The molecule has 0 saturated carbocycles. The molecule has 20 heavy (non-hydrogen) atoms. The highest BCUT2D eigenvalue weighted by molar-refractivity contribution is 5.46. The fourth-order valence-corrected chi connectivity index (χ4v) is 3.59. The van der Waals surface area contributed by atoms with Gasteiger partial charge in [0, 0.05) is 18.8 Å². The maximum Gasteiger partial charge on any atom is 0.112 e. The van der Waals surface area contributed by atoms with Gasteiger partial charge in [0.05, 0.1) is 6.07 Å². The summed E-state index contributed by atoms with van der Waals surface area (Å²) in [6.45, 7) is 4.21. The molecule has 0 bridgehead atoms. The van der Waals surface area contributed by atoms with Gasteiger partial charge in [-0.15, -0.1) is 0 Å². The number of nitrogens with zero attached hydrogens (tertiary/aromatic N) is 3. The summed E-state index contributed by atoms with van der Waals surface area (Å²) in [7, 11) is 0. The van der Waals surface area contributed by atoms with Gasteiger partial charge in [-0.3, -0.25) is 4.90 Å². The van der Waals surface area contributed by atoms with Crippen molar-refractivity contribution >= 4 is 5.69 Å². The van der Waals surface area contributed by atoms with Crippen LogP contribution in [0.1, 0.15) is 32.1 Å². The molecule has 0 aromatic heterocycles. The lowest BCUT2D eigenvalue weighted by atomic mass is 9.85. The topological polar surface area (TPSA) is 30.3 Å². The lowest BCUT2D eigenvalue weighted by molar-refractivity contribution is 0.0885. The summed E-state index contributed by atoms with van der Waals surface area (Å²) in [5.74, 6) is 0. The fraction of sp³-hybridized carbons (Fsp3) is 0.588. The van der Waals surface area contributed by atoms with Crippen LogP contribution < -0.4 is 4.90 Å². The van der Waals surface area contributed by atoms with Crippen molar-refractivity contribution in [3.05, 3.63) is 30.3 Å². The Morgan fingerprint density at radius 1 is 0.900 bits per heavy atom. The van der Waals surface area contributed by atoms with Crippen LogP contribution in [0.5, 0.6) is 0 Å². The summed E-state index contributed by atoms with van der Waals surface area (Å²) in [6, 6.07) is 13.2. The second-order valence-corrected chi connectivity index (χ2v) is 6.01. The van der Waals surface area contributed by atoms with E-state index in [9.17, 15) is 5.26 Å². The molecule has 106 valence electrons. The molecule has 2 heterocycles. The predicted molar refractivity (Wildman–Crippen MR) is 81.7 cm³/mol. The Morgan fingerprint density at radius 3 is 2.15 bits per heavy atom. The standard InChI is InChI=1S/C17H23N3/c18-15-17(20-11-5-2-6-12-20)9-13-19(14-10-17)16-7-3-1-4-8-16/h1,3-4,7-8H,2,5-6,9-14H2. The van der Waals surface area contributed by atoms with Crippen molar-refractivity contribution in [1.82, 2.24) is 4.90 Å². The van der Waals surface area contributed by atoms with Crippen LogP contribution >= 0.6 is 0 Å². The molecule has 3 nitrogen and oxygen atoms in total. The molecule has 0 aliphatic carbocycles. The number of benzene rings is 1. The van der Waals surface area contributed by atoms with Gasteiger partial charge >= 0.3 is 0 Å². The molecule has 2 aliphatic heterocycles. The van der Waals surface area contributed by atoms with Gasteiger partial charge in [-0.2, -0.15) is 5.26 Å². The van der Waals surface area contributed by atoms with E-state index in [1.165, 1.54) is 24.9 Å². The summed E-state index contributed by atoms with van der Waals surface area (Å²) in [5, 5.41) is 9.74. The van der Waals surface area contributed by atoms with Gasteiger partial charge in [0.25, 0.3) is 0 Å². The van der Waals surface area contributed by atoms with Crippen LogP contribution in [0, 0.1) is 11.3 Å². The van der Waals surface area contributed by atoms with E-state index < -0.39 is 0 Å². The summed E-state index contributed by atoms with van der Waals surface area (Å²) < 4.78 is 0. The van der Waals surface area contributed by atoms with E-state index in [1.54, 1.807) is 0 Å². The monoisotopic (exact) mass is 269 g/mol. The van der Waals surface area contributed by atoms with Crippen LogP contribution in [0.15, 0.2) is 30.3 Å². The van der Waals surface area contributed by atoms with Crippen molar-refractivity contribution in [2.75, 3.05) is 31.1 Å². The number of rotatable bonds is 2. The third-order valence-corrected chi connectivity index (χ3v) is 4.88. The quantitative estimate of drug-likeness (QED) is 0.826. The molecule has 1 aromatic carbocycles. The zero-order chi connectivity index (χ0) is 13.8. The lowest BCUT2D eigenvalue weighted by Gasteiger charge is -2.46. The Kier molecular flexibility index (Phi) is 3.93. The number of hydrogen-bond acceptors (Lipinski definition) is 3. The van der Waals surface area contributed by atoms with Crippen molar-refractivity contribution in [3.8, 4) is 6.07 Å². The van der Waals surface area contributed by atoms with Crippen LogP contribution in [0.25, 0.3) is 0 Å². The van der Waals surface area contributed by atoms with Crippen molar-refractivity contribution < 1.29 is 0 Å². The Labute approximate surface area is 121 Å². The SMILES string of the molecule is N#CC1(N2CCCCC2)CCN(c2ccccc2)CC1. The number of anilines is 1. The van der Waals surface area contributed by atoms with E-state index in [4.69, 9.17) is 0 Å². The molecule has 0 spiro atoms. The molecule has 2 saturated heterocycles. The molecular formula is C17H23N3. The normalized spacial score (nSPS) is 23.2. The molecule has 0 atom stereocenters. The van der Waals surface area contributed by atoms with E-state index in [2.05, 4.69) is 46.2 Å². The highest BCUT2D eigenvalue weighted by Gasteiger charge is 2.40. The first-order chi connectivity index (χ1) is 9.84. The molecule has 3 heteroatoms. The van der Waals surface area contributed by atoms with Crippen molar-refractivity contribution in [2.24, 2.45) is 0 Å². The van der Waals surface area contributed by atoms with E-state index in [0.717, 1.165) is 39.0 Å². The van der Waals surface area contributed by atoms with E-state index in [0.29, 0.717) is 0 Å². The van der Waals surface area contributed by atoms with Gasteiger partial charge in [-0.05, 0) is 50.9 Å². The van der Waals surface area contributed by atoms with Crippen molar-refractivity contribution in [2.45, 2.75) is 37.6 Å². The minimum Gasteiger partial charge on any atom is -0.371 e. The molecule has 0 radical (unpaired) electrons. The summed E-state index contributed by atoms with van der Waals surface area (Å²) >= 11 is 0. The van der Waals surface area contributed by atoms with E-state index >= 15 is 0 Å². The summed E-state index contributed by atoms with van der Waals surface area (Å²) in [5.41, 5.74) is 1.09. The first kappa shape index (κ1) is 13.5. The minimum absolute atomic E-state index is 0.203. The van der Waals surface area contributed by atoms with Gasteiger partial charge in [0.2, 0.25) is 0 Å². The highest BCUT2D eigenvalue weighted by Crippen LogP contribution is 2.32. The summed E-state index contributed by atoms with van der Waals surface area (Å²) in [6.07, 6.45) is 5.78. The molecule has 3 rings (SSSR count). The zero-order valence-corrected chi connectivity index (χ0v) is 12.1. The largest absolute Gasteiger partial charge is 0.371 e. The first-order valence-corrected chi connectivity index (χ1v) is 7.80. The third kappa shape index (κ3) is 2.53. The van der Waals surface area contributed by atoms with Crippen molar-refractivity contribution in [3.63, 3.8) is 0 Å². The second kappa shape index (κ2) is 5.85. The smallest absolute Gasteiger partial charge is 0.112 e. The third-order valence-electron chi connectivity index (χ3n) is 4.88. The molecular weight excluding hydrogens is 246 g/mol. The predicted octanol–water partition coefficient (Wildman–Crippen LogP) is 3.04. The van der Waals surface area contributed by atoms with Crippen LogP contribution in [0.2, 0.25) is 0 Å². The fourth-order valence-electron chi connectivity index (χ4n) is 3.59. The first-order valence-electron chi connectivity index (χ1n) is 7.80. The number of likely N-dealkylation sites (tertiary alicyclic amines) is 1. The zero-order valence-electron chi connectivity index (χ0n) is 12.1. The Morgan fingerprint density at radius 2 is 1.55 bits per heavy atom. The molecule has 2 fully saturated rings. The lowest BCUT2D eigenvalue weighted by Crippen LogP contribution is -2.56. The van der Waals surface area contributed by atoms with Crippen LogP contribution in [-0.4, -0.2) is 36.6 Å². The highest BCUT2D eigenvalue weighted by atomic mass is 15.2. The number of para-hydroxylation sites is 1.